The fraction of sp³-hybridized carbons (Fsp3) is 0.615. The van der Waals surface area contributed by atoms with Gasteiger partial charge in [-0.05, 0) is 24.8 Å². The maximum atomic E-state index is 6.13. The second kappa shape index (κ2) is 6.48. The van der Waals surface area contributed by atoms with Gasteiger partial charge in [-0.15, -0.1) is 0 Å². The maximum Gasteiger partial charge on any atom is 0.147 e. The monoisotopic (exact) mass is 287 g/mol. The molecule has 1 fully saturated rings. The zero-order chi connectivity index (χ0) is 13.0. The molecular weight excluding hydrogens is 269 g/mol. The van der Waals surface area contributed by atoms with Gasteiger partial charge in [0.1, 0.15) is 11.6 Å². The van der Waals surface area contributed by atoms with Crippen molar-refractivity contribution in [3.8, 4) is 0 Å². The zero-order valence-electron chi connectivity index (χ0n) is 10.6. The van der Waals surface area contributed by atoms with Crippen molar-refractivity contribution in [1.82, 2.24) is 4.98 Å². The quantitative estimate of drug-likeness (QED) is 0.779. The van der Waals surface area contributed by atoms with Gasteiger partial charge in [0, 0.05) is 13.1 Å². The molecule has 5 heteroatoms. The van der Waals surface area contributed by atoms with E-state index >= 15 is 0 Å². The molecule has 100 valence electrons. The minimum atomic E-state index is 0.571. The van der Waals surface area contributed by atoms with Crippen LogP contribution in [0.1, 0.15) is 32.6 Å². The van der Waals surface area contributed by atoms with Crippen LogP contribution in [0.4, 0.5) is 11.6 Å². The molecule has 1 aliphatic carbocycles. The summed E-state index contributed by atoms with van der Waals surface area (Å²) in [4.78, 5) is 4.44. The van der Waals surface area contributed by atoms with Gasteiger partial charge in [-0.1, -0.05) is 43.0 Å². The summed E-state index contributed by atoms with van der Waals surface area (Å²) >= 11 is 12.2. The number of pyridine rings is 1. The van der Waals surface area contributed by atoms with E-state index in [-0.39, 0.29) is 0 Å². The highest BCUT2D eigenvalue weighted by atomic mass is 35.5. The Morgan fingerprint density at radius 3 is 2.33 bits per heavy atom. The maximum absolute atomic E-state index is 6.13. The predicted octanol–water partition coefficient (Wildman–Crippen LogP) is 4.42. The lowest BCUT2D eigenvalue weighted by molar-refractivity contribution is 0.758. The fourth-order valence-electron chi connectivity index (χ4n) is 1.76. The van der Waals surface area contributed by atoms with Gasteiger partial charge in [0.15, 0.2) is 0 Å². The second-order valence-corrected chi connectivity index (χ2v) is 5.55. The van der Waals surface area contributed by atoms with Gasteiger partial charge >= 0.3 is 0 Å². The molecule has 0 radical (unpaired) electrons. The summed E-state index contributed by atoms with van der Waals surface area (Å²) in [6.07, 6.45) is 4.96. The zero-order valence-corrected chi connectivity index (χ0v) is 12.1. The molecule has 1 aliphatic rings. The molecule has 18 heavy (non-hydrogen) atoms. The van der Waals surface area contributed by atoms with Crippen molar-refractivity contribution in [2.75, 3.05) is 23.7 Å². The van der Waals surface area contributed by atoms with Crippen molar-refractivity contribution in [3.63, 3.8) is 0 Å². The normalized spacial score (nSPS) is 14.6. The number of aromatic nitrogens is 1. The first-order chi connectivity index (χ1) is 8.70. The summed E-state index contributed by atoms with van der Waals surface area (Å²) in [5.74, 6) is 2.33. The standard InChI is InChI=1S/C13H19Cl2N3/c1-2-6-16-12-10(14)8-11(15)13(18-12)17-7-5-9-3-4-9/h8-9H,2-7H2,1H3,(H2,16,17,18). The molecule has 2 N–H and O–H groups in total. The molecule has 1 aromatic rings. The van der Waals surface area contributed by atoms with Crippen LogP contribution in [-0.4, -0.2) is 18.1 Å². The molecule has 1 aromatic heterocycles. The second-order valence-electron chi connectivity index (χ2n) is 4.73. The number of hydrogen-bond acceptors (Lipinski definition) is 3. The van der Waals surface area contributed by atoms with E-state index in [0.717, 1.165) is 31.2 Å². The van der Waals surface area contributed by atoms with Gasteiger partial charge in [-0.2, -0.15) is 0 Å². The third-order valence-electron chi connectivity index (χ3n) is 3.01. The number of nitrogens with one attached hydrogen (secondary N) is 2. The highest BCUT2D eigenvalue weighted by Gasteiger charge is 2.20. The van der Waals surface area contributed by atoms with Gasteiger partial charge in [-0.25, -0.2) is 4.98 Å². The van der Waals surface area contributed by atoms with Crippen LogP contribution in [0, 0.1) is 5.92 Å². The van der Waals surface area contributed by atoms with Crippen LogP contribution >= 0.6 is 23.2 Å². The highest BCUT2D eigenvalue weighted by Crippen LogP contribution is 2.33. The average Bonchev–Trinajstić information content (AvgIpc) is 3.14. The summed E-state index contributed by atoms with van der Waals surface area (Å²) in [7, 11) is 0. The fourth-order valence-corrected chi connectivity index (χ4v) is 2.25. The van der Waals surface area contributed by atoms with Gasteiger partial charge < -0.3 is 10.6 Å². The van der Waals surface area contributed by atoms with Crippen LogP contribution < -0.4 is 10.6 Å². The van der Waals surface area contributed by atoms with E-state index < -0.39 is 0 Å². The Balaban J connectivity index is 1.97. The molecule has 1 heterocycles. The predicted molar refractivity (Wildman–Crippen MR) is 78.9 cm³/mol. The van der Waals surface area contributed by atoms with Crippen molar-refractivity contribution in [1.29, 1.82) is 0 Å². The smallest absolute Gasteiger partial charge is 0.147 e. The van der Waals surface area contributed by atoms with E-state index in [1.54, 1.807) is 6.07 Å². The largest absolute Gasteiger partial charge is 0.369 e. The minimum absolute atomic E-state index is 0.571. The number of rotatable bonds is 7. The minimum Gasteiger partial charge on any atom is -0.369 e. The van der Waals surface area contributed by atoms with Crippen LogP contribution in [0.15, 0.2) is 6.07 Å². The Morgan fingerprint density at radius 1 is 1.17 bits per heavy atom. The molecule has 0 spiro atoms. The first-order valence-corrected chi connectivity index (χ1v) is 7.30. The van der Waals surface area contributed by atoms with Crippen LogP contribution in [0.25, 0.3) is 0 Å². The number of halogens is 2. The Bertz CT molecular complexity index is 405. The Kier molecular flexibility index (Phi) is 4.95. The van der Waals surface area contributed by atoms with E-state index in [9.17, 15) is 0 Å². The number of nitrogens with zero attached hydrogens (tertiary/aromatic N) is 1. The van der Waals surface area contributed by atoms with E-state index in [1.807, 2.05) is 0 Å². The van der Waals surface area contributed by atoms with Crippen molar-refractivity contribution in [3.05, 3.63) is 16.1 Å². The molecule has 0 unspecified atom stereocenters. The third-order valence-corrected chi connectivity index (χ3v) is 3.59. The van der Waals surface area contributed by atoms with E-state index in [0.29, 0.717) is 15.9 Å². The van der Waals surface area contributed by atoms with E-state index in [1.165, 1.54) is 19.3 Å². The lowest BCUT2D eigenvalue weighted by Gasteiger charge is -2.12. The summed E-state index contributed by atoms with van der Waals surface area (Å²) in [6.45, 7) is 3.88. The topological polar surface area (TPSA) is 37.0 Å². The Hall–Kier alpha value is -0.670. The molecule has 0 bridgehead atoms. The third kappa shape index (κ3) is 3.92. The van der Waals surface area contributed by atoms with Gasteiger partial charge in [-0.3, -0.25) is 0 Å². The van der Waals surface area contributed by atoms with Crippen molar-refractivity contribution >= 4 is 34.8 Å². The summed E-state index contributed by atoms with van der Waals surface area (Å²) < 4.78 is 0. The highest BCUT2D eigenvalue weighted by molar-refractivity contribution is 6.37. The van der Waals surface area contributed by atoms with Gasteiger partial charge in [0.25, 0.3) is 0 Å². The van der Waals surface area contributed by atoms with Crippen LogP contribution in [0.3, 0.4) is 0 Å². The van der Waals surface area contributed by atoms with Crippen molar-refractivity contribution in [2.45, 2.75) is 32.6 Å². The first kappa shape index (κ1) is 13.8. The molecule has 0 atom stereocenters. The van der Waals surface area contributed by atoms with Crippen molar-refractivity contribution in [2.24, 2.45) is 5.92 Å². The molecule has 3 nitrogen and oxygen atoms in total. The summed E-state index contributed by atoms with van der Waals surface area (Å²) in [6, 6.07) is 1.74. The average molecular weight is 288 g/mol. The molecule has 0 aromatic carbocycles. The lowest BCUT2D eigenvalue weighted by Crippen LogP contribution is -2.08. The van der Waals surface area contributed by atoms with Crippen LogP contribution in [-0.2, 0) is 0 Å². The van der Waals surface area contributed by atoms with Crippen molar-refractivity contribution < 1.29 is 0 Å². The van der Waals surface area contributed by atoms with E-state index in [4.69, 9.17) is 23.2 Å². The van der Waals surface area contributed by atoms with E-state index in [2.05, 4.69) is 22.5 Å². The van der Waals surface area contributed by atoms with Gasteiger partial charge in [0.05, 0.1) is 10.0 Å². The van der Waals surface area contributed by atoms with Gasteiger partial charge in [0.2, 0.25) is 0 Å². The number of hydrogen-bond donors (Lipinski definition) is 2. The van der Waals surface area contributed by atoms with Crippen LogP contribution in [0.2, 0.25) is 10.0 Å². The Morgan fingerprint density at radius 2 is 1.78 bits per heavy atom. The summed E-state index contributed by atoms with van der Waals surface area (Å²) in [5, 5.41) is 7.64. The Labute approximate surface area is 118 Å². The number of anilines is 2. The molecule has 0 aliphatic heterocycles. The molecule has 0 saturated heterocycles. The summed E-state index contributed by atoms with van der Waals surface area (Å²) in [5.41, 5.74) is 0. The molecule has 1 saturated carbocycles. The SMILES string of the molecule is CCCNc1nc(NCCC2CC2)c(Cl)cc1Cl. The lowest BCUT2D eigenvalue weighted by atomic mass is 10.3. The molecule has 0 amide bonds. The first-order valence-electron chi connectivity index (χ1n) is 6.54. The van der Waals surface area contributed by atoms with Crippen LogP contribution in [0.5, 0.6) is 0 Å². The molecular formula is C13H19Cl2N3. The molecule has 2 rings (SSSR count).